The Morgan fingerprint density at radius 3 is 2.34 bits per heavy atom. The second-order valence-corrected chi connectivity index (χ2v) is 8.25. The van der Waals surface area contributed by atoms with Gasteiger partial charge in [-0.25, -0.2) is 0 Å². The molecule has 2 aromatic carbocycles. The molecule has 35 heavy (non-hydrogen) atoms. The predicted molar refractivity (Wildman–Crippen MR) is 139 cm³/mol. The van der Waals surface area contributed by atoms with E-state index < -0.39 is 0 Å². The molecular weight excluding hydrogens is 466 g/mol. The van der Waals surface area contributed by atoms with Gasteiger partial charge >= 0.3 is 5.97 Å². The lowest BCUT2D eigenvalue weighted by molar-refractivity contribution is -0.143. The molecule has 2 amide bonds. The van der Waals surface area contributed by atoms with Gasteiger partial charge in [0.2, 0.25) is 5.91 Å². The minimum absolute atomic E-state index is 0.148. The highest BCUT2D eigenvalue weighted by Gasteiger charge is 2.09. The fourth-order valence-electron chi connectivity index (χ4n) is 3.15. The fourth-order valence-corrected chi connectivity index (χ4v) is 3.38. The van der Waals surface area contributed by atoms with E-state index in [9.17, 15) is 14.4 Å². The minimum atomic E-state index is -0.311. The zero-order valence-corrected chi connectivity index (χ0v) is 20.8. The lowest BCUT2D eigenvalue weighted by atomic mass is 10.1. The molecule has 0 aromatic heterocycles. The number of amides is 2. The third-order valence-electron chi connectivity index (χ3n) is 4.97. The first kappa shape index (κ1) is 27.9. The average molecular weight is 500 g/mol. The van der Waals surface area contributed by atoms with Gasteiger partial charge in [0.05, 0.1) is 6.61 Å². The molecule has 0 aliphatic rings. The summed E-state index contributed by atoms with van der Waals surface area (Å²) >= 11 is 5.17. The number of anilines is 1. The summed E-state index contributed by atoms with van der Waals surface area (Å²) in [6, 6.07) is 16.8. The molecule has 0 radical (unpaired) electrons. The molecule has 0 atom stereocenters. The second kappa shape index (κ2) is 16.3. The first-order chi connectivity index (χ1) is 17.0. The van der Waals surface area contributed by atoms with Gasteiger partial charge in [-0.15, -0.1) is 0 Å². The standard InChI is InChI=1S/C26H33N3O5S/c1-33-18-7-17-27-25(32)21-13-15-22(16-14-21)28-26(35)29-23(30)11-5-12-24(31)34-19-6-10-20-8-3-2-4-9-20/h2-4,8-9,13-16H,5-7,10-12,17-19H2,1H3,(H,27,32)(H2,28,29,30,35). The number of thiocarbonyl (C=S) groups is 1. The van der Waals surface area contributed by atoms with Gasteiger partial charge in [0.15, 0.2) is 5.11 Å². The van der Waals surface area contributed by atoms with Crippen LogP contribution in [0, 0.1) is 0 Å². The number of esters is 1. The summed E-state index contributed by atoms with van der Waals surface area (Å²) in [5, 5.41) is 8.46. The maximum Gasteiger partial charge on any atom is 0.305 e. The Labute approximate surface area is 211 Å². The van der Waals surface area contributed by atoms with E-state index in [4.69, 9.17) is 21.7 Å². The van der Waals surface area contributed by atoms with Gasteiger partial charge in [-0.1, -0.05) is 30.3 Å². The number of rotatable bonds is 14. The zero-order valence-electron chi connectivity index (χ0n) is 20.0. The summed E-state index contributed by atoms with van der Waals surface area (Å²) in [5.74, 6) is -0.765. The minimum Gasteiger partial charge on any atom is -0.466 e. The van der Waals surface area contributed by atoms with Gasteiger partial charge in [0, 0.05) is 44.4 Å². The molecule has 0 unspecified atom stereocenters. The lowest BCUT2D eigenvalue weighted by Gasteiger charge is -2.10. The van der Waals surface area contributed by atoms with Gasteiger partial charge in [-0.05, 0) is 67.7 Å². The number of aryl methyl sites for hydroxylation is 1. The van der Waals surface area contributed by atoms with E-state index in [0.717, 1.165) is 19.3 Å². The van der Waals surface area contributed by atoms with Crippen molar-refractivity contribution in [3.63, 3.8) is 0 Å². The van der Waals surface area contributed by atoms with Crippen molar-refractivity contribution in [2.75, 3.05) is 32.2 Å². The van der Waals surface area contributed by atoms with Crippen LogP contribution in [0.2, 0.25) is 0 Å². The van der Waals surface area contributed by atoms with E-state index in [1.807, 2.05) is 30.3 Å². The van der Waals surface area contributed by atoms with Crippen molar-refractivity contribution in [2.45, 2.75) is 38.5 Å². The van der Waals surface area contributed by atoms with Crippen LogP contribution in [0.1, 0.15) is 48.0 Å². The molecule has 188 valence electrons. The van der Waals surface area contributed by atoms with Crippen LogP contribution >= 0.6 is 12.2 Å². The molecule has 9 heteroatoms. The maximum atomic E-state index is 12.1. The number of hydrogen-bond donors (Lipinski definition) is 3. The van der Waals surface area contributed by atoms with Crippen LogP contribution in [0.15, 0.2) is 54.6 Å². The van der Waals surface area contributed by atoms with Crippen molar-refractivity contribution in [3.8, 4) is 0 Å². The Bertz CT molecular complexity index is 951. The molecule has 2 rings (SSSR count). The Kier molecular flexibility index (Phi) is 13.1. The number of carbonyl (C=O) groups excluding carboxylic acids is 3. The Morgan fingerprint density at radius 2 is 1.63 bits per heavy atom. The Hall–Kier alpha value is -3.30. The van der Waals surface area contributed by atoms with E-state index in [1.165, 1.54) is 5.56 Å². The molecule has 0 aliphatic carbocycles. The van der Waals surface area contributed by atoms with Crippen molar-refractivity contribution in [1.29, 1.82) is 0 Å². The van der Waals surface area contributed by atoms with Gasteiger partial charge in [0.25, 0.3) is 5.91 Å². The van der Waals surface area contributed by atoms with E-state index >= 15 is 0 Å². The number of ether oxygens (including phenoxy) is 2. The third kappa shape index (κ3) is 12.1. The highest BCUT2D eigenvalue weighted by atomic mass is 32.1. The van der Waals surface area contributed by atoms with E-state index in [2.05, 4.69) is 16.0 Å². The van der Waals surface area contributed by atoms with Crippen LogP contribution in [0.4, 0.5) is 5.69 Å². The van der Waals surface area contributed by atoms with Crippen LogP contribution in [-0.4, -0.2) is 49.8 Å². The Morgan fingerprint density at radius 1 is 0.886 bits per heavy atom. The molecule has 0 heterocycles. The molecule has 0 aliphatic heterocycles. The van der Waals surface area contributed by atoms with Crippen molar-refractivity contribution >= 4 is 40.8 Å². The SMILES string of the molecule is COCCCNC(=O)c1ccc(NC(=S)NC(=O)CCCC(=O)OCCCc2ccccc2)cc1. The van der Waals surface area contributed by atoms with E-state index in [-0.39, 0.29) is 35.7 Å². The number of methoxy groups -OCH3 is 1. The molecule has 2 aromatic rings. The molecule has 0 fully saturated rings. The number of benzene rings is 2. The zero-order chi connectivity index (χ0) is 25.3. The first-order valence-electron chi connectivity index (χ1n) is 11.7. The number of carbonyl (C=O) groups is 3. The quantitative estimate of drug-likeness (QED) is 0.207. The van der Waals surface area contributed by atoms with Gasteiger partial charge in [0.1, 0.15) is 0 Å². The van der Waals surface area contributed by atoms with Crippen LogP contribution < -0.4 is 16.0 Å². The monoisotopic (exact) mass is 499 g/mol. The molecule has 0 bridgehead atoms. The maximum absolute atomic E-state index is 12.1. The highest BCUT2D eigenvalue weighted by molar-refractivity contribution is 7.80. The van der Waals surface area contributed by atoms with Crippen molar-refractivity contribution in [2.24, 2.45) is 0 Å². The van der Waals surface area contributed by atoms with Crippen molar-refractivity contribution in [1.82, 2.24) is 10.6 Å². The molecule has 0 saturated heterocycles. The number of hydrogen-bond acceptors (Lipinski definition) is 6. The van der Waals surface area contributed by atoms with Crippen LogP contribution in [0.5, 0.6) is 0 Å². The predicted octanol–water partition coefficient (Wildman–Crippen LogP) is 3.61. The summed E-state index contributed by atoms with van der Waals surface area (Å²) in [4.78, 5) is 36.0. The average Bonchev–Trinajstić information content (AvgIpc) is 2.85. The topological polar surface area (TPSA) is 106 Å². The van der Waals surface area contributed by atoms with Crippen LogP contribution in [0.3, 0.4) is 0 Å². The number of nitrogens with one attached hydrogen (secondary N) is 3. The lowest BCUT2D eigenvalue weighted by Crippen LogP contribution is -2.34. The second-order valence-electron chi connectivity index (χ2n) is 7.85. The highest BCUT2D eigenvalue weighted by Crippen LogP contribution is 2.10. The van der Waals surface area contributed by atoms with Crippen molar-refractivity contribution in [3.05, 3.63) is 65.7 Å². The molecular formula is C26H33N3O5S. The summed E-state index contributed by atoms with van der Waals surface area (Å²) in [6.07, 6.45) is 3.06. The molecule has 8 nitrogen and oxygen atoms in total. The van der Waals surface area contributed by atoms with E-state index in [0.29, 0.717) is 37.4 Å². The third-order valence-corrected chi connectivity index (χ3v) is 5.17. The smallest absolute Gasteiger partial charge is 0.305 e. The normalized spacial score (nSPS) is 10.3. The molecule has 3 N–H and O–H groups in total. The van der Waals surface area contributed by atoms with Crippen LogP contribution in [0.25, 0.3) is 0 Å². The summed E-state index contributed by atoms with van der Waals surface area (Å²) in [6.45, 7) is 1.49. The largest absolute Gasteiger partial charge is 0.466 e. The van der Waals surface area contributed by atoms with E-state index in [1.54, 1.807) is 31.4 Å². The first-order valence-corrected chi connectivity index (χ1v) is 12.1. The summed E-state index contributed by atoms with van der Waals surface area (Å²) in [5.41, 5.74) is 2.38. The van der Waals surface area contributed by atoms with Crippen molar-refractivity contribution < 1.29 is 23.9 Å². The van der Waals surface area contributed by atoms with Gasteiger partial charge in [-0.3, -0.25) is 14.4 Å². The van der Waals surface area contributed by atoms with Crippen LogP contribution in [-0.2, 0) is 25.5 Å². The molecule has 0 spiro atoms. The summed E-state index contributed by atoms with van der Waals surface area (Å²) in [7, 11) is 1.62. The fraction of sp³-hybridized carbons (Fsp3) is 0.385. The summed E-state index contributed by atoms with van der Waals surface area (Å²) < 4.78 is 10.2. The van der Waals surface area contributed by atoms with Gasteiger partial charge in [-0.2, -0.15) is 0 Å². The Balaban J connectivity index is 1.58. The van der Waals surface area contributed by atoms with Gasteiger partial charge < -0.3 is 25.4 Å². The molecule has 0 saturated carbocycles.